The number of esters is 1. The van der Waals surface area contributed by atoms with Gasteiger partial charge in [0, 0.05) is 12.2 Å². The standard InChI is InChI=1S/C14H15N3O3/c1-3-10-17(11-8-6-5-7-9-11)13(18)12(16-15)14(19)20-4-2/h3,5-9H,1,4,10H2,2H3. The van der Waals surface area contributed by atoms with Crippen LogP contribution in [-0.2, 0) is 14.3 Å². The van der Waals surface area contributed by atoms with Gasteiger partial charge in [-0.3, -0.25) is 9.69 Å². The second kappa shape index (κ2) is 7.66. The van der Waals surface area contributed by atoms with Crippen molar-refractivity contribution in [2.24, 2.45) is 0 Å². The quantitative estimate of drug-likeness (QED) is 0.196. The summed E-state index contributed by atoms with van der Waals surface area (Å²) in [7, 11) is 0. The number of hydrogen-bond donors (Lipinski definition) is 0. The minimum absolute atomic E-state index is 0.0813. The van der Waals surface area contributed by atoms with E-state index in [1.54, 1.807) is 37.3 Å². The lowest BCUT2D eigenvalue weighted by atomic mass is 10.2. The largest absolute Gasteiger partial charge is 0.463 e. The molecule has 0 saturated carbocycles. The van der Waals surface area contributed by atoms with Gasteiger partial charge in [-0.2, -0.15) is 4.79 Å². The molecular formula is C14H15N3O3. The molecular weight excluding hydrogens is 258 g/mol. The maximum absolute atomic E-state index is 12.3. The normalized spacial score (nSPS) is 9.25. The van der Waals surface area contributed by atoms with Gasteiger partial charge in [-0.1, -0.05) is 24.3 Å². The summed E-state index contributed by atoms with van der Waals surface area (Å²) in [5.74, 6) is -1.72. The summed E-state index contributed by atoms with van der Waals surface area (Å²) >= 11 is 0. The molecule has 0 atom stereocenters. The van der Waals surface area contributed by atoms with Crippen LogP contribution in [0.2, 0.25) is 0 Å². The van der Waals surface area contributed by atoms with Gasteiger partial charge in [-0.05, 0) is 19.1 Å². The molecule has 0 radical (unpaired) electrons. The molecule has 0 aliphatic rings. The zero-order valence-corrected chi connectivity index (χ0v) is 11.2. The molecule has 0 N–H and O–H groups in total. The Morgan fingerprint density at radius 3 is 2.55 bits per heavy atom. The van der Waals surface area contributed by atoms with Gasteiger partial charge in [-0.25, -0.2) is 4.79 Å². The average Bonchev–Trinajstić information content (AvgIpc) is 2.46. The van der Waals surface area contributed by atoms with Crippen LogP contribution in [0.5, 0.6) is 0 Å². The van der Waals surface area contributed by atoms with Gasteiger partial charge in [0.05, 0.1) is 6.61 Å². The molecule has 0 unspecified atom stereocenters. The van der Waals surface area contributed by atoms with Crippen LogP contribution in [-0.4, -0.2) is 35.5 Å². The van der Waals surface area contributed by atoms with E-state index in [1.165, 1.54) is 11.0 Å². The van der Waals surface area contributed by atoms with E-state index in [4.69, 9.17) is 5.53 Å². The fourth-order valence-corrected chi connectivity index (χ4v) is 1.54. The van der Waals surface area contributed by atoms with E-state index < -0.39 is 17.6 Å². The van der Waals surface area contributed by atoms with Crippen molar-refractivity contribution in [3.63, 3.8) is 0 Å². The van der Waals surface area contributed by atoms with Gasteiger partial charge in [0.15, 0.2) is 0 Å². The van der Waals surface area contributed by atoms with Gasteiger partial charge in [-0.15, -0.1) is 6.58 Å². The third kappa shape index (κ3) is 3.63. The number of amides is 1. The molecule has 0 saturated heterocycles. The number of para-hydroxylation sites is 1. The number of benzene rings is 1. The summed E-state index contributed by atoms with van der Waals surface area (Å²) in [6, 6.07) is 8.69. The molecule has 1 aromatic rings. The molecule has 104 valence electrons. The van der Waals surface area contributed by atoms with Crippen molar-refractivity contribution in [2.75, 3.05) is 18.1 Å². The average molecular weight is 273 g/mol. The van der Waals surface area contributed by atoms with E-state index in [-0.39, 0.29) is 13.2 Å². The van der Waals surface area contributed by atoms with E-state index in [2.05, 4.69) is 16.1 Å². The van der Waals surface area contributed by atoms with Crippen LogP contribution in [0.4, 0.5) is 5.69 Å². The van der Waals surface area contributed by atoms with Crippen molar-refractivity contribution in [3.8, 4) is 0 Å². The van der Waals surface area contributed by atoms with Crippen LogP contribution >= 0.6 is 0 Å². The van der Waals surface area contributed by atoms with E-state index >= 15 is 0 Å². The SMILES string of the molecule is C=CCN(C(=O)C(=[N+]=[N-])C(=O)OCC)c1ccccc1. The van der Waals surface area contributed by atoms with E-state index in [9.17, 15) is 9.59 Å². The number of rotatable bonds is 6. The van der Waals surface area contributed by atoms with Crippen molar-refractivity contribution in [1.82, 2.24) is 0 Å². The maximum atomic E-state index is 12.3. The van der Waals surface area contributed by atoms with E-state index in [1.807, 2.05) is 0 Å². The Kier molecular flexibility index (Phi) is 5.87. The number of nitrogens with zero attached hydrogens (tertiary/aromatic N) is 3. The molecule has 6 heteroatoms. The summed E-state index contributed by atoms with van der Waals surface area (Å²) in [5, 5.41) is 0. The first-order chi connectivity index (χ1) is 9.65. The highest BCUT2D eigenvalue weighted by Crippen LogP contribution is 2.13. The molecule has 1 aromatic carbocycles. The Morgan fingerprint density at radius 2 is 2.05 bits per heavy atom. The van der Waals surface area contributed by atoms with Crippen LogP contribution in [0.15, 0.2) is 43.0 Å². The van der Waals surface area contributed by atoms with Gasteiger partial charge >= 0.3 is 17.6 Å². The first-order valence-corrected chi connectivity index (χ1v) is 6.02. The van der Waals surface area contributed by atoms with E-state index in [0.717, 1.165) is 0 Å². The second-order valence-corrected chi connectivity index (χ2v) is 3.71. The molecule has 6 nitrogen and oxygen atoms in total. The summed E-state index contributed by atoms with van der Waals surface area (Å²) in [5.41, 5.74) is 8.76. The van der Waals surface area contributed by atoms with Gasteiger partial charge < -0.3 is 10.3 Å². The molecule has 1 amide bonds. The maximum Gasteiger partial charge on any atom is 0.463 e. The highest BCUT2D eigenvalue weighted by molar-refractivity contribution is 6.64. The number of anilines is 1. The third-order valence-corrected chi connectivity index (χ3v) is 2.40. The summed E-state index contributed by atoms with van der Waals surface area (Å²) in [6.45, 7) is 5.40. The highest BCUT2D eigenvalue weighted by atomic mass is 16.5. The molecule has 0 aromatic heterocycles. The number of carbonyl (C=O) groups excluding carboxylic acids is 2. The van der Waals surface area contributed by atoms with Crippen LogP contribution in [0, 0.1) is 0 Å². The smallest absolute Gasteiger partial charge is 0.457 e. The Hall–Kier alpha value is -2.72. The first-order valence-electron chi connectivity index (χ1n) is 6.02. The Morgan fingerprint density at radius 1 is 1.40 bits per heavy atom. The predicted molar refractivity (Wildman–Crippen MR) is 74.3 cm³/mol. The fraction of sp³-hybridized carbons (Fsp3) is 0.214. The van der Waals surface area contributed by atoms with Crippen LogP contribution in [0.1, 0.15) is 6.92 Å². The lowest BCUT2D eigenvalue weighted by molar-refractivity contribution is -0.141. The number of hydrogen-bond acceptors (Lipinski definition) is 3. The van der Waals surface area contributed by atoms with E-state index in [0.29, 0.717) is 5.69 Å². The number of ether oxygens (including phenoxy) is 1. The molecule has 0 aliphatic carbocycles. The topological polar surface area (TPSA) is 83.0 Å². The van der Waals surface area contributed by atoms with Crippen molar-refractivity contribution < 1.29 is 19.1 Å². The number of carbonyl (C=O) groups is 2. The molecule has 0 heterocycles. The minimum atomic E-state index is -0.968. The summed E-state index contributed by atoms with van der Waals surface area (Å²) in [4.78, 5) is 27.9. The fourth-order valence-electron chi connectivity index (χ4n) is 1.54. The highest BCUT2D eigenvalue weighted by Gasteiger charge is 2.35. The Bertz CT molecular complexity index is 548. The van der Waals surface area contributed by atoms with Crippen molar-refractivity contribution >= 4 is 23.3 Å². The van der Waals surface area contributed by atoms with Gasteiger partial charge in [0.1, 0.15) is 0 Å². The third-order valence-electron chi connectivity index (χ3n) is 2.40. The van der Waals surface area contributed by atoms with Gasteiger partial charge in [0.25, 0.3) is 0 Å². The molecule has 0 bridgehead atoms. The zero-order chi connectivity index (χ0) is 15.0. The van der Waals surface area contributed by atoms with Gasteiger partial charge in [0.2, 0.25) is 0 Å². The molecule has 20 heavy (non-hydrogen) atoms. The molecule has 0 spiro atoms. The molecule has 1 rings (SSSR count). The molecule has 0 aliphatic heterocycles. The second-order valence-electron chi connectivity index (χ2n) is 3.71. The van der Waals surface area contributed by atoms with Crippen LogP contribution in [0.3, 0.4) is 0 Å². The van der Waals surface area contributed by atoms with Crippen molar-refractivity contribution in [3.05, 3.63) is 48.5 Å². The lowest BCUT2D eigenvalue weighted by Gasteiger charge is -2.18. The lowest BCUT2D eigenvalue weighted by Crippen LogP contribution is -2.41. The summed E-state index contributed by atoms with van der Waals surface area (Å²) in [6.07, 6.45) is 1.51. The monoisotopic (exact) mass is 273 g/mol. The minimum Gasteiger partial charge on any atom is -0.457 e. The predicted octanol–water partition coefficient (Wildman–Crippen LogP) is 1.44. The first kappa shape index (κ1) is 15.3. The molecule has 0 fully saturated rings. The Balaban J connectivity index is 3.09. The summed E-state index contributed by atoms with van der Waals surface area (Å²) < 4.78 is 4.68. The van der Waals surface area contributed by atoms with Crippen molar-refractivity contribution in [2.45, 2.75) is 6.92 Å². The zero-order valence-electron chi connectivity index (χ0n) is 11.2. The Labute approximate surface area is 116 Å². The van der Waals surface area contributed by atoms with Crippen LogP contribution in [0.25, 0.3) is 5.53 Å². The van der Waals surface area contributed by atoms with Crippen LogP contribution < -0.4 is 4.90 Å². The van der Waals surface area contributed by atoms with Crippen molar-refractivity contribution in [1.29, 1.82) is 0 Å².